The van der Waals surface area contributed by atoms with E-state index in [-0.39, 0.29) is 17.4 Å². The van der Waals surface area contributed by atoms with E-state index >= 15 is 0 Å². The molecule has 2 aromatic rings. The smallest absolute Gasteiger partial charge is 0.255 e. The first-order valence-corrected chi connectivity index (χ1v) is 9.95. The fraction of sp³-hybridized carbons (Fsp3) is 0.650. The summed E-state index contributed by atoms with van der Waals surface area (Å²) < 4.78 is 7.80. The van der Waals surface area contributed by atoms with E-state index in [0.717, 1.165) is 45.4 Å². The Morgan fingerprint density at radius 3 is 2.63 bits per heavy atom. The second kappa shape index (κ2) is 7.20. The van der Waals surface area contributed by atoms with Crippen LogP contribution in [-0.2, 0) is 4.74 Å². The SMILES string of the molecule is CC(C)C(O)c1nnc2ccc(C(=O)N3CCC4(CCCCO4)CC3)cn12. The van der Waals surface area contributed by atoms with E-state index in [9.17, 15) is 9.90 Å². The van der Waals surface area contributed by atoms with E-state index in [1.807, 2.05) is 18.7 Å². The van der Waals surface area contributed by atoms with Crippen LogP contribution in [0.4, 0.5) is 0 Å². The Hall–Kier alpha value is -1.99. The van der Waals surface area contributed by atoms with Crippen LogP contribution in [0.15, 0.2) is 18.3 Å². The van der Waals surface area contributed by atoms with Gasteiger partial charge in [-0.25, -0.2) is 0 Å². The fourth-order valence-corrected chi connectivity index (χ4v) is 4.14. The number of aromatic nitrogens is 3. The lowest BCUT2D eigenvalue weighted by Gasteiger charge is -2.44. The number of carbonyl (C=O) groups excluding carboxylic acids is 1. The molecule has 27 heavy (non-hydrogen) atoms. The summed E-state index contributed by atoms with van der Waals surface area (Å²) in [6.45, 7) is 6.15. The molecule has 7 heteroatoms. The number of fused-ring (bicyclic) bond motifs is 1. The maximum absolute atomic E-state index is 13.0. The van der Waals surface area contributed by atoms with Gasteiger partial charge in [0.05, 0.1) is 11.2 Å². The number of amides is 1. The van der Waals surface area contributed by atoms with Gasteiger partial charge in [0.1, 0.15) is 6.10 Å². The van der Waals surface area contributed by atoms with Crippen molar-refractivity contribution in [1.29, 1.82) is 0 Å². The number of nitrogens with zero attached hydrogens (tertiary/aromatic N) is 4. The van der Waals surface area contributed by atoms with Crippen molar-refractivity contribution in [1.82, 2.24) is 19.5 Å². The predicted octanol–water partition coefficient (Wildman–Crippen LogP) is 2.59. The van der Waals surface area contributed by atoms with Crippen LogP contribution < -0.4 is 0 Å². The average molecular weight is 372 g/mol. The fourth-order valence-electron chi connectivity index (χ4n) is 4.14. The predicted molar refractivity (Wildman–Crippen MR) is 100 cm³/mol. The van der Waals surface area contributed by atoms with Gasteiger partial charge in [-0.1, -0.05) is 13.8 Å². The zero-order valence-corrected chi connectivity index (χ0v) is 16.1. The summed E-state index contributed by atoms with van der Waals surface area (Å²) in [5.74, 6) is 0.509. The van der Waals surface area contributed by atoms with Crippen molar-refractivity contribution in [2.24, 2.45) is 5.92 Å². The van der Waals surface area contributed by atoms with Gasteiger partial charge in [-0.3, -0.25) is 9.20 Å². The summed E-state index contributed by atoms with van der Waals surface area (Å²) in [5, 5.41) is 18.6. The molecule has 1 unspecified atom stereocenters. The van der Waals surface area contributed by atoms with Crippen LogP contribution in [0.2, 0.25) is 0 Å². The van der Waals surface area contributed by atoms with Crippen LogP contribution in [0.5, 0.6) is 0 Å². The Balaban J connectivity index is 1.52. The molecule has 2 saturated heterocycles. The molecule has 1 N–H and O–H groups in total. The highest BCUT2D eigenvalue weighted by molar-refractivity contribution is 5.94. The van der Waals surface area contributed by atoms with Gasteiger partial charge < -0.3 is 14.7 Å². The van der Waals surface area contributed by atoms with Crippen LogP contribution in [-0.4, -0.2) is 55.8 Å². The van der Waals surface area contributed by atoms with E-state index in [2.05, 4.69) is 10.2 Å². The number of rotatable bonds is 3. The number of likely N-dealkylation sites (tertiary alicyclic amines) is 1. The molecule has 4 heterocycles. The summed E-state index contributed by atoms with van der Waals surface area (Å²) >= 11 is 0. The molecule has 4 rings (SSSR count). The number of hydrogen-bond donors (Lipinski definition) is 1. The molecule has 2 fully saturated rings. The third kappa shape index (κ3) is 3.46. The number of ether oxygens (including phenoxy) is 1. The lowest BCUT2D eigenvalue weighted by atomic mass is 9.84. The quantitative estimate of drug-likeness (QED) is 0.896. The molecule has 146 valence electrons. The molecule has 0 radical (unpaired) electrons. The maximum Gasteiger partial charge on any atom is 0.255 e. The number of pyridine rings is 1. The second-order valence-electron chi connectivity index (χ2n) is 8.17. The van der Waals surface area contributed by atoms with Crippen molar-refractivity contribution in [2.75, 3.05) is 19.7 Å². The molecule has 2 aliphatic heterocycles. The minimum atomic E-state index is -0.719. The number of piperidine rings is 1. The molecule has 1 atom stereocenters. The number of aliphatic hydroxyl groups excluding tert-OH is 1. The van der Waals surface area contributed by atoms with Crippen molar-refractivity contribution in [3.8, 4) is 0 Å². The molecule has 7 nitrogen and oxygen atoms in total. The zero-order chi connectivity index (χ0) is 19.0. The lowest BCUT2D eigenvalue weighted by molar-refractivity contribution is -0.107. The summed E-state index contributed by atoms with van der Waals surface area (Å²) in [4.78, 5) is 14.9. The van der Waals surface area contributed by atoms with Crippen LogP contribution in [0.1, 0.15) is 68.2 Å². The van der Waals surface area contributed by atoms with Gasteiger partial charge in [-0.15, -0.1) is 10.2 Å². The minimum absolute atomic E-state index is 0.0121. The normalized spacial score (nSPS) is 21.1. The monoisotopic (exact) mass is 372 g/mol. The van der Waals surface area contributed by atoms with E-state index in [0.29, 0.717) is 17.0 Å². The van der Waals surface area contributed by atoms with Crippen molar-refractivity contribution in [3.63, 3.8) is 0 Å². The first-order chi connectivity index (χ1) is 13.0. The Labute approximate surface area is 159 Å². The van der Waals surface area contributed by atoms with Crippen molar-refractivity contribution < 1.29 is 14.6 Å². The molecule has 0 aliphatic carbocycles. The molecule has 0 bridgehead atoms. The van der Waals surface area contributed by atoms with Crippen molar-refractivity contribution in [2.45, 2.75) is 57.7 Å². The van der Waals surface area contributed by atoms with Crippen LogP contribution >= 0.6 is 0 Å². The minimum Gasteiger partial charge on any atom is -0.385 e. The molecule has 2 aliphatic rings. The highest BCUT2D eigenvalue weighted by atomic mass is 16.5. The third-order valence-electron chi connectivity index (χ3n) is 5.97. The summed E-state index contributed by atoms with van der Waals surface area (Å²) in [6, 6.07) is 3.58. The summed E-state index contributed by atoms with van der Waals surface area (Å²) in [7, 11) is 0. The molecule has 0 aromatic carbocycles. The van der Waals surface area contributed by atoms with Gasteiger partial charge in [0.15, 0.2) is 11.5 Å². The first-order valence-electron chi connectivity index (χ1n) is 9.95. The van der Waals surface area contributed by atoms with E-state index < -0.39 is 6.10 Å². The van der Waals surface area contributed by atoms with Gasteiger partial charge in [0, 0.05) is 25.9 Å². The van der Waals surface area contributed by atoms with Gasteiger partial charge in [-0.05, 0) is 50.2 Å². The van der Waals surface area contributed by atoms with Gasteiger partial charge in [0.25, 0.3) is 5.91 Å². The van der Waals surface area contributed by atoms with Crippen molar-refractivity contribution >= 4 is 11.6 Å². The Kier molecular flexibility index (Phi) is 4.90. The summed E-state index contributed by atoms with van der Waals surface area (Å²) in [5.41, 5.74) is 1.22. The number of aliphatic hydroxyl groups is 1. The average Bonchev–Trinajstić information content (AvgIpc) is 3.11. The standard InChI is InChI=1S/C20H28N4O3/c1-14(2)17(25)18-22-21-16-6-5-15(13-24(16)18)19(26)23-10-8-20(9-11-23)7-3-4-12-27-20/h5-6,13-14,17,25H,3-4,7-12H2,1-2H3. The number of hydrogen-bond acceptors (Lipinski definition) is 5. The maximum atomic E-state index is 13.0. The van der Waals surface area contributed by atoms with Gasteiger partial charge >= 0.3 is 0 Å². The van der Waals surface area contributed by atoms with Gasteiger partial charge in [0.2, 0.25) is 0 Å². The van der Waals surface area contributed by atoms with Crippen LogP contribution in [0.3, 0.4) is 0 Å². The van der Waals surface area contributed by atoms with Crippen molar-refractivity contribution in [3.05, 3.63) is 29.7 Å². The largest absolute Gasteiger partial charge is 0.385 e. The second-order valence-corrected chi connectivity index (χ2v) is 8.17. The molecule has 1 spiro atoms. The molecule has 2 aromatic heterocycles. The molecule has 0 saturated carbocycles. The van der Waals surface area contributed by atoms with E-state index in [1.165, 1.54) is 6.42 Å². The van der Waals surface area contributed by atoms with Crippen LogP contribution in [0.25, 0.3) is 5.65 Å². The zero-order valence-electron chi connectivity index (χ0n) is 16.1. The van der Waals surface area contributed by atoms with Gasteiger partial charge in [-0.2, -0.15) is 0 Å². The highest BCUT2D eigenvalue weighted by Crippen LogP contribution is 2.35. The molecule has 1 amide bonds. The van der Waals surface area contributed by atoms with Crippen LogP contribution in [0, 0.1) is 5.92 Å². The molecular formula is C20H28N4O3. The highest BCUT2D eigenvalue weighted by Gasteiger charge is 2.38. The topological polar surface area (TPSA) is 80.0 Å². The van der Waals surface area contributed by atoms with E-state index in [4.69, 9.17) is 4.74 Å². The number of carbonyl (C=O) groups is 1. The summed E-state index contributed by atoms with van der Waals surface area (Å²) in [6.07, 6.45) is 6.32. The third-order valence-corrected chi connectivity index (χ3v) is 5.97. The Morgan fingerprint density at radius 1 is 1.19 bits per heavy atom. The lowest BCUT2D eigenvalue weighted by Crippen LogP contribution is -2.49. The Morgan fingerprint density at radius 2 is 1.96 bits per heavy atom. The first kappa shape index (κ1) is 18.4. The Bertz CT molecular complexity index is 816. The molecular weight excluding hydrogens is 344 g/mol. The van der Waals surface area contributed by atoms with E-state index in [1.54, 1.807) is 22.7 Å².